The van der Waals surface area contributed by atoms with Crippen molar-refractivity contribution in [2.75, 3.05) is 9.71 Å². The third kappa shape index (κ3) is 6.13. The standard InChI is InChI=1S/C62H59BN2S/c1-59(2,3)40-24-27-42(28-25-40)65-51-37-48-47(61(7,8)32-33-62(48,9)10)36-46(51)55-43-21-15-14-20-39(43)34-52-58(55)63(65)57-50(30-31-54-56(57)44-22-16-17-23-53(44)66-54)64(52)49-29-26-41(60(4,5)6)35-45(49)38-18-12-11-13-19-38/h11-31,34-37H,32-33H2,1-10H3. The first-order valence-electron chi connectivity index (χ1n) is 24.1. The number of rotatable bonds is 3. The summed E-state index contributed by atoms with van der Waals surface area (Å²) >= 11 is 1.92. The molecule has 3 heterocycles. The lowest BCUT2D eigenvalue weighted by atomic mass is 9.42. The molecule has 2 aliphatic heterocycles. The summed E-state index contributed by atoms with van der Waals surface area (Å²) in [5.41, 5.74) is 19.9. The highest BCUT2D eigenvalue weighted by atomic mass is 32.1. The van der Waals surface area contributed by atoms with Gasteiger partial charge < -0.3 is 9.71 Å². The molecule has 0 amide bonds. The van der Waals surface area contributed by atoms with E-state index < -0.39 is 0 Å². The van der Waals surface area contributed by atoms with Crippen LogP contribution in [0.25, 0.3) is 53.2 Å². The average molecular weight is 875 g/mol. The first-order chi connectivity index (χ1) is 31.5. The van der Waals surface area contributed by atoms with Crippen LogP contribution in [-0.4, -0.2) is 6.85 Å². The van der Waals surface area contributed by atoms with Crippen LogP contribution in [0.1, 0.15) is 104 Å². The van der Waals surface area contributed by atoms with Gasteiger partial charge in [0.1, 0.15) is 0 Å². The van der Waals surface area contributed by atoms with E-state index >= 15 is 0 Å². The van der Waals surface area contributed by atoms with Crippen molar-refractivity contribution in [3.05, 3.63) is 174 Å². The molecular formula is C62H59BN2S. The van der Waals surface area contributed by atoms with E-state index in [0.29, 0.717) is 0 Å². The molecule has 12 rings (SSSR count). The summed E-state index contributed by atoms with van der Waals surface area (Å²) in [6.45, 7) is 23.7. The van der Waals surface area contributed by atoms with Gasteiger partial charge in [0.15, 0.2) is 0 Å². The maximum absolute atomic E-state index is 2.77. The second-order valence-corrected chi connectivity index (χ2v) is 23.9. The Kier molecular flexibility index (Phi) is 8.90. The van der Waals surface area contributed by atoms with Crippen LogP contribution in [0.3, 0.4) is 0 Å². The molecule has 1 aromatic heterocycles. The Labute approximate surface area is 396 Å². The van der Waals surface area contributed by atoms with Crippen LogP contribution in [0.2, 0.25) is 0 Å². The van der Waals surface area contributed by atoms with E-state index in [9.17, 15) is 0 Å². The highest BCUT2D eigenvalue weighted by molar-refractivity contribution is 7.26. The van der Waals surface area contributed by atoms with E-state index in [0.717, 1.165) is 12.8 Å². The van der Waals surface area contributed by atoms with Crippen LogP contribution >= 0.6 is 11.3 Å². The minimum absolute atomic E-state index is 0.0228. The van der Waals surface area contributed by atoms with Gasteiger partial charge in [-0.1, -0.05) is 160 Å². The lowest BCUT2D eigenvalue weighted by Gasteiger charge is -2.48. The molecule has 0 unspecified atom stereocenters. The predicted molar refractivity (Wildman–Crippen MR) is 289 cm³/mol. The fourth-order valence-corrected chi connectivity index (χ4v) is 12.9. The third-order valence-corrected chi connectivity index (χ3v) is 16.7. The fraction of sp³-hybridized carbons (Fsp3) is 0.258. The molecule has 0 N–H and O–H groups in total. The molecule has 3 aliphatic rings. The number of nitrogens with zero attached hydrogens (tertiary/aromatic N) is 2. The maximum atomic E-state index is 2.77. The lowest BCUT2D eigenvalue weighted by molar-refractivity contribution is 0.332. The summed E-state index contributed by atoms with van der Waals surface area (Å²) in [4.78, 5) is 5.43. The number of hydrogen-bond donors (Lipinski definition) is 0. The summed E-state index contributed by atoms with van der Waals surface area (Å²) in [7, 11) is 0. The van der Waals surface area contributed by atoms with Crippen LogP contribution in [0, 0.1) is 0 Å². The minimum Gasteiger partial charge on any atom is -0.376 e. The normalized spacial score (nSPS) is 16.1. The Morgan fingerprint density at radius 2 is 1.12 bits per heavy atom. The van der Waals surface area contributed by atoms with Crippen molar-refractivity contribution in [1.82, 2.24) is 0 Å². The molecular weight excluding hydrogens is 816 g/mol. The number of hydrogen-bond acceptors (Lipinski definition) is 3. The molecule has 1 aliphatic carbocycles. The van der Waals surface area contributed by atoms with Gasteiger partial charge in [0.2, 0.25) is 0 Å². The predicted octanol–water partition coefficient (Wildman–Crippen LogP) is 16.5. The molecule has 0 saturated carbocycles. The molecule has 0 bridgehead atoms. The Hall–Kier alpha value is -6.10. The molecule has 0 spiro atoms. The maximum Gasteiger partial charge on any atom is 0.333 e. The molecule has 0 saturated heterocycles. The average Bonchev–Trinajstić information content (AvgIpc) is 3.68. The van der Waals surface area contributed by atoms with E-state index in [-0.39, 0.29) is 28.5 Å². The molecule has 0 fully saturated rings. The first kappa shape index (κ1) is 41.3. The molecule has 0 atom stereocenters. The Morgan fingerprint density at radius 3 is 1.83 bits per heavy atom. The van der Waals surface area contributed by atoms with Crippen molar-refractivity contribution in [3.63, 3.8) is 0 Å². The highest BCUT2D eigenvalue weighted by Crippen LogP contribution is 2.56. The third-order valence-electron chi connectivity index (χ3n) is 15.6. The van der Waals surface area contributed by atoms with E-state index in [1.165, 1.54) is 115 Å². The summed E-state index contributed by atoms with van der Waals surface area (Å²) in [5.74, 6) is 0. The van der Waals surface area contributed by atoms with Gasteiger partial charge in [0.05, 0.1) is 5.69 Å². The monoisotopic (exact) mass is 874 g/mol. The van der Waals surface area contributed by atoms with Crippen molar-refractivity contribution >= 4 is 88.5 Å². The van der Waals surface area contributed by atoms with Gasteiger partial charge in [-0.25, -0.2) is 0 Å². The van der Waals surface area contributed by atoms with Crippen LogP contribution in [-0.2, 0) is 21.7 Å². The zero-order chi connectivity index (χ0) is 45.7. The lowest BCUT2D eigenvalue weighted by Crippen LogP contribution is -2.62. The van der Waals surface area contributed by atoms with Gasteiger partial charge in [-0.2, -0.15) is 0 Å². The van der Waals surface area contributed by atoms with Crippen molar-refractivity contribution in [2.45, 2.75) is 104 Å². The molecule has 4 heteroatoms. The Bertz CT molecular complexity index is 3450. The van der Waals surface area contributed by atoms with Gasteiger partial charge in [-0.3, -0.25) is 0 Å². The van der Waals surface area contributed by atoms with Crippen molar-refractivity contribution in [2.24, 2.45) is 0 Å². The fourth-order valence-electron chi connectivity index (χ4n) is 11.8. The van der Waals surface area contributed by atoms with Crippen LogP contribution < -0.4 is 20.6 Å². The molecule has 0 radical (unpaired) electrons. The molecule has 9 aromatic rings. The SMILES string of the molecule is CC(C)(C)c1ccc(N2B3c4c(cc5ccccc5c4-c4cc5c(cc42)C(C)(C)CCC5(C)C)N(c2ccc(C(C)(C)C)cc2-c2ccccc2)c2ccc4sc5ccccc5c4c23)cc1. The minimum atomic E-state index is -0.118. The number of benzene rings is 8. The quantitative estimate of drug-likeness (QED) is 0.163. The topological polar surface area (TPSA) is 6.48 Å². The Balaban J connectivity index is 1.28. The smallest absolute Gasteiger partial charge is 0.333 e. The van der Waals surface area contributed by atoms with Crippen LogP contribution in [0.5, 0.6) is 0 Å². The summed E-state index contributed by atoms with van der Waals surface area (Å²) in [6.07, 6.45) is 2.33. The van der Waals surface area contributed by atoms with Gasteiger partial charge in [-0.15, -0.1) is 11.3 Å². The number of anilines is 5. The first-order valence-corrected chi connectivity index (χ1v) is 24.9. The highest BCUT2D eigenvalue weighted by Gasteiger charge is 2.49. The van der Waals surface area contributed by atoms with Crippen molar-refractivity contribution < 1.29 is 0 Å². The zero-order valence-electron chi connectivity index (χ0n) is 40.2. The van der Waals surface area contributed by atoms with E-state index in [1.54, 1.807) is 0 Å². The summed E-state index contributed by atoms with van der Waals surface area (Å²) in [5, 5.41) is 5.27. The second kappa shape index (κ2) is 14.2. The molecule has 2 nitrogen and oxygen atoms in total. The zero-order valence-corrected chi connectivity index (χ0v) is 41.0. The molecule has 326 valence electrons. The Morgan fingerprint density at radius 1 is 0.500 bits per heavy atom. The second-order valence-electron chi connectivity index (χ2n) is 22.8. The van der Waals surface area contributed by atoms with E-state index in [4.69, 9.17) is 0 Å². The molecule has 66 heavy (non-hydrogen) atoms. The van der Waals surface area contributed by atoms with Gasteiger partial charge >= 0.3 is 6.85 Å². The molecule has 8 aromatic carbocycles. The largest absolute Gasteiger partial charge is 0.376 e. The van der Waals surface area contributed by atoms with Gasteiger partial charge in [0.25, 0.3) is 0 Å². The van der Waals surface area contributed by atoms with E-state index in [1.807, 2.05) is 11.3 Å². The van der Waals surface area contributed by atoms with E-state index in [2.05, 4.69) is 231 Å². The number of fused-ring (bicyclic) bond motifs is 11. The van der Waals surface area contributed by atoms with Crippen molar-refractivity contribution in [3.8, 4) is 22.3 Å². The summed E-state index contributed by atoms with van der Waals surface area (Å²) < 4.78 is 2.65. The van der Waals surface area contributed by atoms with Gasteiger partial charge in [-0.05, 0) is 161 Å². The van der Waals surface area contributed by atoms with Crippen LogP contribution in [0.15, 0.2) is 152 Å². The van der Waals surface area contributed by atoms with Crippen molar-refractivity contribution in [1.29, 1.82) is 0 Å². The van der Waals surface area contributed by atoms with Crippen LogP contribution in [0.4, 0.5) is 28.4 Å². The summed E-state index contributed by atoms with van der Waals surface area (Å²) in [6, 6.07) is 58.9. The number of thiophene rings is 1. The van der Waals surface area contributed by atoms with Gasteiger partial charge in [0, 0.05) is 43.3 Å².